The molecule has 0 unspecified atom stereocenters. The van der Waals surface area contributed by atoms with Crippen LogP contribution in [0.15, 0.2) is 36.7 Å². The van der Waals surface area contributed by atoms with E-state index in [-0.39, 0.29) is 12.5 Å². The number of carbonyl (C=O) groups is 1. The predicted molar refractivity (Wildman–Crippen MR) is 76.6 cm³/mol. The van der Waals surface area contributed by atoms with Crippen LogP contribution in [0.25, 0.3) is 0 Å². The Balaban J connectivity index is 1.66. The molecule has 2 rings (SSSR count). The molecule has 0 aliphatic heterocycles. The van der Waals surface area contributed by atoms with Crippen LogP contribution in [0.1, 0.15) is 0 Å². The van der Waals surface area contributed by atoms with Gasteiger partial charge >= 0.3 is 0 Å². The van der Waals surface area contributed by atoms with E-state index in [0.717, 1.165) is 0 Å². The average Bonchev–Trinajstić information content (AvgIpc) is 2.84. The third-order valence-corrected chi connectivity index (χ3v) is 2.75. The molecule has 1 amide bonds. The zero-order valence-electron chi connectivity index (χ0n) is 10.8. The van der Waals surface area contributed by atoms with E-state index < -0.39 is 0 Å². The van der Waals surface area contributed by atoms with Gasteiger partial charge in [-0.3, -0.25) is 9.48 Å². The maximum absolute atomic E-state index is 11.6. The van der Waals surface area contributed by atoms with Crippen molar-refractivity contribution in [3.05, 3.63) is 41.7 Å². The van der Waals surface area contributed by atoms with E-state index >= 15 is 0 Å². The molecule has 0 spiro atoms. The number of anilines is 1. The predicted octanol–water partition coefficient (Wildman–Crippen LogP) is 1.31. The van der Waals surface area contributed by atoms with Crippen LogP contribution in [0, 0.1) is 0 Å². The molecule has 0 saturated carbocycles. The van der Waals surface area contributed by atoms with Crippen LogP contribution >= 0.6 is 11.6 Å². The molecule has 0 fully saturated rings. The van der Waals surface area contributed by atoms with Crippen molar-refractivity contribution >= 4 is 23.2 Å². The molecule has 0 aliphatic carbocycles. The van der Waals surface area contributed by atoms with Gasteiger partial charge in [-0.1, -0.05) is 11.6 Å². The fraction of sp³-hybridized carbons (Fsp3) is 0.231. The second-order valence-electron chi connectivity index (χ2n) is 4.13. The van der Waals surface area contributed by atoms with E-state index in [1.54, 1.807) is 41.3 Å². The standard InChI is InChI=1S/C13H15ClN4O2/c14-10-1-3-12(4-2-10)20-9-13(19)16-5-6-18-8-11(15)7-17-18/h1-4,7-8H,5-6,9,15H2,(H,16,19). The molecule has 1 heterocycles. The highest BCUT2D eigenvalue weighted by Gasteiger charge is 2.02. The number of hydrogen-bond acceptors (Lipinski definition) is 4. The Hall–Kier alpha value is -2.21. The summed E-state index contributed by atoms with van der Waals surface area (Å²) in [4.78, 5) is 11.6. The van der Waals surface area contributed by atoms with Crippen molar-refractivity contribution in [2.75, 3.05) is 18.9 Å². The number of nitrogen functional groups attached to an aromatic ring is 1. The van der Waals surface area contributed by atoms with Crippen LogP contribution in [0.2, 0.25) is 5.02 Å². The number of ether oxygens (including phenoxy) is 1. The SMILES string of the molecule is Nc1cnn(CCNC(=O)COc2ccc(Cl)cc2)c1. The summed E-state index contributed by atoms with van der Waals surface area (Å²) in [6, 6.07) is 6.83. The summed E-state index contributed by atoms with van der Waals surface area (Å²) in [7, 11) is 0. The fourth-order valence-electron chi connectivity index (χ4n) is 1.54. The number of carbonyl (C=O) groups excluding carboxylic acids is 1. The first-order valence-corrected chi connectivity index (χ1v) is 6.44. The van der Waals surface area contributed by atoms with Gasteiger partial charge in [0.2, 0.25) is 0 Å². The van der Waals surface area contributed by atoms with Crippen LogP contribution in [0.5, 0.6) is 5.75 Å². The fourth-order valence-corrected chi connectivity index (χ4v) is 1.67. The Bertz CT molecular complexity index is 568. The maximum Gasteiger partial charge on any atom is 0.258 e. The largest absolute Gasteiger partial charge is 0.484 e. The molecule has 3 N–H and O–H groups in total. The van der Waals surface area contributed by atoms with Gasteiger partial charge in [0, 0.05) is 17.8 Å². The Morgan fingerprint density at radius 2 is 2.15 bits per heavy atom. The Labute approximate surface area is 121 Å². The van der Waals surface area contributed by atoms with Crippen molar-refractivity contribution in [3.8, 4) is 5.75 Å². The second kappa shape index (κ2) is 6.81. The van der Waals surface area contributed by atoms with E-state index in [2.05, 4.69) is 10.4 Å². The third-order valence-electron chi connectivity index (χ3n) is 2.50. The Morgan fingerprint density at radius 1 is 1.40 bits per heavy atom. The van der Waals surface area contributed by atoms with Gasteiger partial charge in [-0.15, -0.1) is 0 Å². The van der Waals surface area contributed by atoms with Crippen molar-refractivity contribution in [2.24, 2.45) is 0 Å². The Kier molecular flexibility index (Phi) is 4.84. The molecule has 6 nitrogen and oxygen atoms in total. The van der Waals surface area contributed by atoms with E-state index in [1.807, 2.05) is 0 Å². The average molecular weight is 295 g/mol. The van der Waals surface area contributed by atoms with Gasteiger partial charge in [0.05, 0.1) is 18.4 Å². The van der Waals surface area contributed by atoms with Gasteiger partial charge in [-0.25, -0.2) is 0 Å². The van der Waals surface area contributed by atoms with Crippen molar-refractivity contribution in [1.82, 2.24) is 15.1 Å². The van der Waals surface area contributed by atoms with Crippen LogP contribution < -0.4 is 15.8 Å². The number of nitrogens with two attached hydrogens (primary N) is 1. The molecule has 1 aromatic carbocycles. The summed E-state index contributed by atoms with van der Waals surface area (Å²) in [5.41, 5.74) is 6.13. The zero-order chi connectivity index (χ0) is 14.4. The van der Waals surface area contributed by atoms with Crippen LogP contribution in [-0.2, 0) is 11.3 Å². The highest BCUT2D eigenvalue weighted by molar-refractivity contribution is 6.30. The number of halogens is 1. The van der Waals surface area contributed by atoms with Crippen molar-refractivity contribution in [2.45, 2.75) is 6.54 Å². The minimum atomic E-state index is -0.194. The first-order chi connectivity index (χ1) is 9.63. The molecule has 0 atom stereocenters. The molecule has 0 aliphatic rings. The molecule has 106 valence electrons. The van der Waals surface area contributed by atoms with E-state index in [1.165, 1.54) is 0 Å². The topological polar surface area (TPSA) is 82.2 Å². The lowest BCUT2D eigenvalue weighted by Crippen LogP contribution is -2.31. The number of amides is 1. The van der Waals surface area contributed by atoms with Crippen molar-refractivity contribution in [3.63, 3.8) is 0 Å². The molecule has 20 heavy (non-hydrogen) atoms. The highest BCUT2D eigenvalue weighted by Crippen LogP contribution is 2.15. The lowest BCUT2D eigenvalue weighted by atomic mass is 10.3. The number of benzene rings is 1. The molecule has 7 heteroatoms. The maximum atomic E-state index is 11.6. The van der Waals surface area contributed by atoms with Gasteiger partial charge in [-0.2, -0.15) is 5.10 Å². The van der Waals surface area contributed by atoms with E-state index in [4.69, 9.17) is 22.1 Å². The van der Waals surface area contributed by atoms with Crippen molar-refractivity contribution in [1.29, 1.82) is 0 Å². The molecule has 0 saturated heterocycles. The molecule has 1 aromatic heterocycles. The minimum Gasteiger partial charge on any atom is -0.484 e. The van der Waals surface area contributed by atoms with Crippen LogP contribution in [0.3, 0.4) is 0 Å². The van der Waals surface area contributed by atoms with Gasteiger partial charge in [0.15, 0.2) is 6.61 Å². The lowest BCUT2D eigenvalue weighted by Gasteiger charge is -2.07. The first-order valence-electron chi connectivity index (χ1n) is 6.06. The molecular weight excluding hydrogens is 280 g/mol. The summed E-state index contributed by atoms with van der Waals surface area (Å²) >= 11 is 5.75. The highest BCUT2D eigenvalue weighted by atomic mass is 35.5. The van der Waals surface area contributed by atoms with Crippen LogP contribution in [-0.4, -0.2) is 28.8 Å². The summed E-state index contributed by atoms with van der Waals surface area (Å²) in [5, 5.41) is 7.37. The third kappa shape index (κ3) is 4.47. The lowest BCUT2D eigenvalue weighted by molar-refractivity contribution is -0.123. The summed E-state index contributed by atoms with van der Waals surface area (Å²) in [6.45, 7) is 0.983. The number of nitrogens with zero attached hydrogens (tertiary/aromatic N) is 2. The smallest absolute Gasteiger partial charge is 0.258 e. The zero-order valence-corrected chi connectivity index (χ0v) is 11.5. The quantitative estimate of drug-likeness (QED) is 0.841. The van der Waals surface area contributed by atoms with Gasteiger partial charge in [0.25, 0.3) is 5.91 Å². The minimum absolute atomic E-state index is 0.0388. The molecule has 0 radical (unpaired) electrons. The second-order valence-corrected chi connectivity index (χ2v) is 4.57. The molecule has 0 bridgehead atoms. The molecule has 2 aromatic rings. The van der Waals surface area contributed by atoms with Gasteiger partial charge in [-0.05, 0) is 24.3 Å². The Morgan fingerprint density at radius 3 is 2.80 bits per heavy atom. The first kappa shape index (κ1) is 14.2. The number of nitrogens with one attached hydrogen (secondary N) is 1. The van der Waals surface area contributed by atoms with Crippen LogP contribution in [0.4, 0.5) is 5.69 Å². The van der Waals surface area contributed by atoms with Crippen molar-refractivity contribution < 1.29 is 9.53 Å². The summed E-state index contributed by atoms with van der Waals surface area (Å²) in [5.74, 6) is 0.407. The summed E-state index contributed by atoms with van der Waals surface area (Å²) < 4.78 is 6.98. The van der Waals surface area contributed by atoms with Gasteiger partial charge in [0.1, 0.15) is 5.75 Å². The van der Waals surface area contributed by atoms with E-state index in [9.17, 15) is 4.79 Å². The monoisotopic (exact) mass is 294 g/mol. The number of rotatable bonds is 6. The molecular formula is C13H15ClN4O2. The normalized spacial score (nSPS) is 10.2. The van der Waals surface area contributed by atoms with Gasteiger partial charge < -0.3 is 15.8 Å². The number of hydrogen-bond donors (Lipinski definition) is 2. The van der Waals surface area contributed by atoms with E-state index in [0.29, 0.717) is 29.5 Å². The number of aromatic nitrogens is 2. The summed E-state index contributed by atoms with van der Waals surface area (Å²) in [6.07, 6.45) is 3.27.